The van der Waals surface area contributed by atoms with Gasteiger partial charge in [-0.25, -0.2) is 4.98 Å². The molecule has 0 N–H and O–H groups in total. The molecule has 0 radical (unpaired) electrons. The summed E-state index contributed by atoms with van der Waals surface area (Å²) in [6.07, 6.45) is 1.93. The first-order valence-corrected chi connectivity index (χ1v) is 10.0. The number of imidazole rings is 1. The quantitative estimate of drug-likeness (QED) is 0.357. The molecule has 1 aromatic heterocycles. The number of rotatable bonds is 7. The summed E-state index contributed by atoms with van der Waals surface area (Å²) in [5.41, 5.74) is 4.62. The van der Waals surface area contributed by atoms with Gasteiger partial charge in [-0.15, -0.1) is 0 Å². The van der Waals surface area contributed by atoms with Crippen molar-refractivity contribution in [3.8, 4) is 22.6 Å². The van der Waals surface area contributed by atoms with Crippen LogP contribution in [0.5, 0.6) is 0 Å². The van der Waals surface area contributed by atoms with Crippen molar-refractivity contribution in [3.63, 3.8) is 0 Å². The highest BCUT2D eigenvalue weighted by molar-refractivity contribution is 5.86. The molecule has 4 aromatic rings. The van der Waals surface area contributed by atoms with Gasteiger partial charge in [-0.1, -0.05) is 97.9 Å². The molecule has 0 bridgehead atoms. The van der Waals surface area contributed by atoms with Crippen LogP contribution >= 0.6 is 0 Å². The van der Waals surface area contributed by atoms with Crippen molar-refractivity contribution in [1.82, 2.24) is 9.55 Å². The van der Waals surface area contributed by atoms with Gasteiger partial charge in [-0.2, -0.15) is 0 Å². The number of aldehydes is 1. The molecular formula is C26H24N2O. The number of hydrogen-bond acceptors (Lipinski definition) is 2. The van der Waals surface area contributed by atoms with Gasteiger partial charge in [0.25, 0.3) is 0 Å². The van der Waals surface area contributed by atoms with Crippen LogP contribution in [-0.4, -0.2) is 15.8 Å². The number of nitrogens with zero attached hydrogens (tertiary/aromatic N) is 2. The summed E-state index contributed by atoms with van der Waals surface area (Å²) in [6, 6.07) is 30.5. The standard InChI is InChI=1S/C26H24N2O/c1-2-20(21-12-6-3-7-13-21)18-28-24(19-29)25(22-14-8-4-9-15-22)27-26(28)23-16-10-5-11-17-23/h3-17,19-20H,2,18H2,1H3. The first-order valence-electron chi connectivity index (χ1n) is 10.0. The fourth-order valence-corrected chi connectivity index (χ4v) is 3.80. The average Bonchev–Trinajstić information content (AvgIpc) is 3.17. The van der Waals surface area contributed by atoms with Gasteiger partial charge in [0.05, 0.1) is 5.69 Å². The van der Waals surface area contributed by atoms with E-state index in [1.807, 2.05) is 66.7 Å². The number of carbonyl (C=O) groups is 1. The molecule has 0 aliphatic heterocycles. The summed E-state index contributed by atoms with van der Waals surface area (Å²) in [7, 11) is 0. The number of aromatic nitrogens is 2. The third kappa shape index (κ3) is 3.90. The number of benzene rings is 3. The Morgan fingerprint density at radius 2 is 1.38 bits per heavy atom. The molecule has 1 heterocycles. The van der Waals surface area contributed by atoms with Gasteiger partial charge in [0.1, 0.15) is 11.5 Å². The lowest BCUT2D eigenvalue weighted by atomic mass is 9.96. The average molecular weight is 380 g/mol. The van der Waals surface area contributed by atoms with Gasteiger partial charge < -0.3 is 4.57 Å². The van der Waals surface area contributed by atoms with Crippen LogP contribution in [0.25, 0.3) is 22.6 Å². The van der Waals surface area contributed by atoms with Crippen LogP contribution in [-0.2, 0) is 6.54 Å². The predicted octanol–water partition coefficient (Wildman–Crippen LogP) is 6.22. The molecule has 4 rings (SSSR count). The Labute approximate surface area is 171 Å². The molecule has 0 saturated carbocycles. The monoisotopic (exact) mass is 380 g/mol. The lowest BCUT2D eigenvalue weighted by Crippen LogP contribution is -2.12. The third-order valence-electron chi connectivity index (χ3n) is 5.36. The molecule has 29 heavy (non-hydrogen) atoms. The smallest absolute Gasteiger partial charge is 0.168 e. The maximum absolute atomic E-state index is 12.2. The molecule has 0 amide bonds. The molecule has 0 saturated heterocycles. The van der Waals surface area contributed by atoms with Gasteiger partial charge in [-0.3, -0.25) is 4.79 Å². The maximum Gasteiger partial charge on any atom is 0.168 e. The van der Waals surface area contributed by atoms with Crippen molar-refractivity contribution in [2.24, 2.45) is 0 Å². The Balaban J connectivity index is 1.86. The molecule has 3 nitrogen and oxygen atoms in total. The SMILES string of the molecule is CCC(Cn1c(-c2ccccc2)nc(-c2ccccc2)c1C=O)c1ccccc1. The van der Waals surface area contributed by atoms with Gasteiger partial charge in [0.2, 0.25) is 0 Å². The molecule has 144 valence electrons. The van der Waals surface area contributed by atoms with E-state index in [1.165, 1.54) is 5.56 Å². The summed E-state index contributed by atoms with van der Waals surface area (Å²) in [5.74, 6) is 1.14. The molecule has 3 heteroatoms. The molecule has 0 aliphatic rings. The molecule has 0 spiro atoms. The first-order chi connectivity index (χ1) is 14.3. The van der Waals surface area contributed by atoms with Crippen molar-refractivity contribution in [2.75, 3.05) is 0 Å². The van der Waals surface area contributed by atoms with E-state index < -0.39 is 0 Å². The van der Waals surface area contributed by atoms with Gasteiger partial charge in [-0.05, 0) is 12.0 Å². The van der Waals surface area contributed by atoms with Crippen molar-refractivity contribution in [2.45, 2.75) is 25.8 Å². The molecule has 1 atom stereocenters. The topological polar surface area (TPSA) is 34.9 Å². The van der Waals surface area contributed by atoms with Crippen molar-refractivity contribution in [1.29, 1.82) is 0 Å². The Morgan fingerprint density at radius 1 is 0.828 bits per heavy atom. The van der Waals surface area contributed by atoms with Crippen LogP contribution in [0, 0.1) is 0 Å². The molecule has 0 fully saturated rings. The summed E-state index contributed by atoms with van der Waals surface area (Å²) in [6.45, 7) is 2.90. The minimum absolute atomic E-state index is 0.301. The Bertz CT molecular complexity index is 1070. The fraction of sp³-hybridized carbons (Fsp3) is 0.154. The number of hydrogen-bond donors (Lipinski definition) is 0. The van der Waals surface area contributed by atoms with Crippen molar-refractivity contribution < 1.29 is 4.79 Å². The molecular weight excluding hydrogens is 356 g/mol. The van der Waals surface area contributed by atoms with Gasteiger partial charge in [0.15, 0.2) is 6.29 Å². The summed E-state index contributed by atoms with van der Waals surface area (Å²) in [4.78, 5) is 17.1. The number of carbonyl (C=O) groups excluding carboxylic acids is 1. The second-order valence-corrected chi connectivity index (χ2v) is 7.15. The zero-order chi connectivity index (χ0) is 20.1. The molecule has 3 aromatic carbocycles. The Kier molecular flexibility index (Phi) is 5.66. The van der Waals surface area contributed by atoms with E-state index in [0.717, 1.165) is 35.4 Å². The van der Waals surface area contributed by atoms with Crippen LogP contribution in [0.2, 0.25) is 0 Å². The summed E-state index contributed by atoms with van der Waals surface area (Å²) < 4.78 is 2.09. The van der Waals surface area contributed by atoms with Gasteiger partial charge >= 0.3 is 0 Å². The molecule has 0 aliphatic carbocycles. The minimum Gasteiger partial charge on any atom is -0.321 e. The highest BCUT2D eigenvalue weighted by Crippen LogP contribution is 2.31. The minimum atomic E-state index is 0.301. The highest BCUT2D eigenvalue weighted by atomic mass is 16.1. The fourth-order valence-electron chi connectivity index (χ4n) is 3.80. The summed E-state index contributed by atoms with van der Waals surface area (Å²) >= 11 is 0. The lowest BCUT2D eigenvalue weighted by molar-refractivity contribution is 0.111. The van der Waals surface area contributed by atoms with E-state index in [1.54, 1.807) is 0 Å². The lowest BCUT2D eigenvalue weighted by Gasteiger charge is -2.19. The zero-order valence-electron chi connectivity index (χ0n) is 16.5. The first kappa shape index (κ1) is 18.9. The largest absolute Gasteiger partial charge is 0.321 e. The van der Waals surface area contributed by atoms with E-state index >= 15 is 0 Å². The third-order valence-corrected chi connectivity index (χ3v) is 5.36. The van der Waals surface area contributed by atoms with E-state index in [0.29, 0.717) is 18.2 Å². The van der Waals surface area contributed by atoms with E-state index in [-0.39, 0.29) is 0 Å². The second-order valence-electron chi connectivity index (χ2n) is 7.15. The Hall–Kier alpha value is -3.46. The van der Waals surface area contributed by atoms with Crippen LogP contribution in [0.4, 0.5) is 0 Å². The van der Waals surface area contributed by atoms with Crippen molar-refractivity contribution in [3.05, 3.63) is 102 Å². The highest BCUT2D eigenvalue weighted by Gasteiger charge is 2.22. The zero-order valence-corrected chi connectivity index (χ0v) is 16.5. The van der Waals surface area contributed by atoms with Crippen molar-refractivity contribution >= 4 is 6.29 Å². The maximum atomic E-state index is 12.2. The molecule has 1 unspecified atom stereocenters. The van der Waals surface area contributed by atoms with E-state index in [4.69, 9.17) is 4.98 Å². The van der Waals surface area contributed by atoms with Crippen LogP contribution in [0.15, 0.2) is 91.0 Å². The second kappa shape index (κ2) is 8.70. The van der Waals surface area contributed by atoms with E-state index in [9.17, 15) is 4.79 Å². The van der Waals surface area contributed by atoms with Gasteiger partial charge in [0, 0.05) is 23.6 Å². The summed E-state index contributed by atoms with van der Waals surface area (Å²) in [5, 5.41) is 0. The van der Waals surface area contributed by atoms with E-state index in [2.05, 4.69) is 35.8 Å². The van der Waals surface area contributed by atoms with Crippen LogP contribution < -0.4 is 0 Å². The normalized spacial score (nSPS) is 11.9. The predicted molar refractivity (Wildman–Crippen MR) is 118 cm³/mol. The van der Waals surface area contributed by atoms with Crippen LogP contribution in [0.3, 0.4) is 0 Å². The van der Waals surface area contributed by atoms with Crippen LogP contribution in [0.1, 0.15) is 35.3 Å². The Morgan fingerprint density at radius 3 is 1.93 bits per heavy atom.